The van der Waals surface area contributed by atoms with Crippen molar-refractivity contribution in [2.75, 3.05) is 46.1 Å². The Balaban J connectivity index is -0.000000489. The summed E-state index contributed by atoms with van der Waals surface area (Å²) in [7, 11) is -4.48. The van der Waals surface area contributed by atoms with Crippen molar-refractivity contribution in [3.63, 3.8) is 0 Å². The number of hydrogen-bond acceptors (Lipinski definition) is 8. The van der Waals surface area contributed by atoms with Gasteiger partial charge in [0.05, 0.1) is 26.4 Å². The van der Waals surface area contributed by atoms with E-state index in [0.717, 1.165) is 12.8 Å². The first-order chi connectivity index (χ1) is 12.9. The summed E-state index contributed by atoms with van der Waals surface area (Å²) in [6.45, 7) is 4.00. The van der Waals surface area contributed by atoms with Gasteiger partial charge in [0.1, 0.15) is 0 Å². The first-order valence-corrected chi connectivity index (χ1v) is 11.4. The third-order valence-electron chi connectivity index (χ3n) is 3.97. The van der Waals surface area contributed by atoms with Crippen molar-refractivity contribution in [2.24, 2.45) is 0 Å². The van der Waals surface area contributed by atoms with E-state index in [9.17, 15) is 13.0 Å². The van der Waals surface area contributed by atoms with Gasteiger partial charge in [0.2, 0.25) is 10.4 Å². The number of nitrogens with zero attached hydrogens (tertiary/aromatic N) is 1. The van der Waals surface area contributed by atoms with Gasteiger partial charge in [-0.2, -0.15) is 0 Å². The first-order valence-electron chi connectivity index (χ1n) is 10.1. The summed E-state index contributed by atoms with van der Waals surface area (Å²) in [6.07, 6.45) is 11.7. The number of aliphatic hydroxyl groups excluding tert-OH is 3. The second kappa shape index (κ2) is 25.7. The molecule has 0 aliphatic carbocycles. The fraction of sp³-hybridized carbons (Fsp3) is 1.00. The maximum absolute atomic E-state index is 10.1. The quantitative estimate of drug-likeness (QED) is 0.104. The molecule has 0 aliphatic rings. The van der Waals surface area contributed by atoms with Crippen molar-refractivity contribution in [2.45, 2.75) is 71.1 Å². The van der Waals surface area contributed by atoms with Gasteiger partial charge in [-0.25, -0.2) is 8.42 Å². The van der Waals surface area contributed by atoms with Gasteiger partial charge in [0.15, 0.2) is 0 Å². The maximum atomic E-state index is 10.1. The molecule has 0 spiro atoms. The van der Waals surface area contributed by atoms with Gasteiger partial charge in [-0.3, -0.25) is 9.08 Å². The monoisotopic (exact) mass is 437 g/mol. The molecule has 0 amide bonds. The average Bonchev–Trinajstić information content (AvgIpc) is 2.60. The van der Waals surface area contributed by atoms with E-state index >= 15 is 0 Å². The van der Waals surface area contributed by atoms with Gasteiger partial charge in [0.25, 0.3) is 0 Å². The zero-order valence-electron chi connectivity index (χ0n) is 17.9. The minimum Gasteiger partial charge on any atom is -0.726 e. The predicted molar refractivity (Wildman–Crippen MR) is 105 cm³/mol. The van der Waals surface area contributed by atoms with Crippen LogP contribution in [0.1, 0.15) is 71.1 Å². The molecule has 0 aromatic carbocycles. The molecule has 0 aromatic heterocycles. The average molecular weight is 438 g/mol. The number of unbranched alkanes of at least 4 members (excludes halogenated alkanes) is 9. The molecule has 166 valence electrons. The van der Waals surface area contributed by atoms with Gasteiger partial charge >= 0.3 is 29.6 Å². The van der Waals surface area contributed by atoms with E-state index < -0.39 is 10.4 Å². The van der Waals surface area contributed by atoms with Crippen LogP contribution in [0.5, 0.6) is 0 Å². The Labute approximate surface area is 193 Å². The molecule has 0 aromatic rings. The Morgan fingerprint density at radius 3 is 1.43 bits per heavy atom. The summed E-state index contributed by atoms with van der Waals surface area (Å²) in [5, 5.41) is 25.5. The second-order valence-electron chi connectivity index (χ2n) is 6.42. The summed E-state index contributed by atoms with van der Waals surface area (Å²) in [5.41, 5.74) is 0. The van der Waals surface area contributed by atoms with E-state index in [4.69, 9.17) is 15.3 Å². The van der Waals surface area contributed by atoms with E-state index in [2.05, 4.69) is 11.1 Å². The van der Waals surface area contributed by atoms with E-state index in [-0.39, 0.29) is 56.0 Å². The minimum absolute atomic E-state index is 0. The topological polar surface area (TPSA) is 130 Å². The molecule has 0 unspecified atom stereocenters. The Morgan fingerprint density at radius 2 is 1.11 bits per heavy atom. The van der Waals surface area contributed by atoms with Crippen LogP contribution in [0.3, 0.4) is 0 Å². The third-order valence-corrected chi connectivity index (χ3v) is 4.43. The Kier molecular flexibility index (Phi) is 30.7. The van der Waals surface area contributed by atoms with Crippen molar-refractivity contribution in [3.8, 4) is 0 Å². The van der Waals surface area contributed by atoms with Crippen LogP contribution in [0.4, 0.5) is 0 Å². The molecule has 28 heavy (non-hydrogen) atoms. The molecule has 0 atom stereocenters. The van der Waals surface area contributed by atoms with Crippen molar-refractivity contribution in [1.82, 2.24) is 4.90 Å². The number of hydrogen-bond donors (Lipinski definition) is 3. The summed E-state index contributed by atoms with van der Waals surface area (Å²) < 4.78 is 34.5. The molecule has 0 radical (unpaired) electrons. The second-order valence-corrected chi connectivity index (χ2v) is 7.48. The van der Waals surface area contributed by atoms with Crippen LogP contribution in [0.2, 0.25) is 0 Å². The SMILES string of the molecule is CCCCCCCCCCCCOS(=O)(=O)[O-].OCCN(CCO)CCO.[Na+]. The van der Waals surface area contributed by atoms with E-state index in [1.54, 1.807) is 4.90 Å². The summed E-state index contributed by atoms with van der Waals surface area (Å²) >= 11 is 0. The predicted octanol–water partition coefficient (Wildman–Crippen LogP) is -1.35. The molecule has 0 rings (SSSR count). The van der Waals surface area contributed by atoms with Crippen LogP contribution >= 0.6 is 0 Å². The Morgan fingerprint density at radius 1 is 0.750 bits per heavy atom. The van der Waals surface area contributed by atoms with Crippen LogP contribution in [0.25, 0.3) is 0 Å². The van der Waals surface area contributed by atoms with Crippen LogP contribution < -0.4 is 29.6 Å². The fourth-order valence-corrected chi connectivity index (χ4v) is 2.83. The van der Waals surface area contributed by atoms with Gasteiger partial charge < -0.3 is 19.9 Å². The van der Waals surface area contributed by atoms with Crippen LogP contribution in [-0.2, 0) is 14.6 Å². The minimum atomic E-state index is -4.48. The van der Waals surface area contributed by atoms with E-state index in [1.807, 2.05) is 0 Å². The molecule has 0 saturated carbocycles. The van der Waals surface area contributed by atoms with Gasteiger partial charge in [-0.15, -0.1) is 0 Å². The number of rotatable bonds is 18. The molecule has 0 saturated heterocycles. The molecular formula is C18H40NNaO7S. The zero-order valence-corrected chi connectivity index (χ0v) is 20.7. The van der Waals surface area contributed by atoms with Crippen molar-refractivity contribution < 1.29 is 62.0 Å². The maximum Gasteiger partial charge on any atom is 1.00 e. The standard InChI is InChI=1S/C12H26O4S.C6H15NO3.Na/c1-2-3-4-5-6-7-8-9-10-11-12-16-17(13,14)15;8-4-1-7(2-5-9)3-6-10;/h2-12H2,1H3,(H,13,14,15);8-10H,1-6H2;/q;;+1/p-1. The largest absolute Gasteiger partial charge is 1.00 e. The molecule has 3 N–H and O–H groups in total. The summed E-state index contributed by atoms with van der Waals surface area (Å²) in [4.78, 5) is 1.79. The normalized spacial score (nSPS) is 11.1. The van der Waals surface area contributed by atoms with E-state index in [1.165, 1.54) is 44.9 Å². The van der Waals surface area contributed by atoms with Crippen molar-refractivity contribution in [3.05, 3.63) is 0 Å². The molecular weight excluding hydrogens is 397 g/mol. The summed E-state index contributed by atoms with van der Waals surface area (Å²) in [6, 6.07) is 0. The van der Waals surface area contributed by atoms with Crippen LogP contribution in [-0.4, -0.2) is 79.3 Å². The molecule has 0 heterocycles. The van der Waals surface area contributed by atoms with Crippen molar-refractivity contribution >= 4 is 10.4 Å². The number of aliphatic hydroxyl groups is 3. The molecule has 8 nitrogen and oxygen atoms in total. The van der Waals surface area contributed by atoms with E-state index in [0.29, 0.717) is 26.1 Å². The molecule has 10 heteroatoms. The Hall–Kier alpha value is 0.710. The smallest absolute Gasteiger partial charge is 0.726 e. The van der Waals surface area contributed by atoms with Crippen LogP contribution in [0, 0.1) is 0 Å². The zero-order chi connectivity index (χ0) is 20.8. The molecule has 0 aliphatic heterocycles. The molecule has 0 fully saturated rings. The summed E-state index contributed by atoms with van der Waals surface area (Å²) in [5.74, 6) is 0. The third kappa shape index (κ3) is 31.4. The first kappa shape index (κ1) is 33.4. The fourth-order valence-electron chi connectivity index (χ4n) is 2.51. The van der Waals surface area contributed by atoms with Gasteiger partial charge in [-0.05, 0) is 6.42 Å². The Bertz CT molecular complexity index is 372. The van der Waals surface area contributed by atoms with Gasteiger partial charge in [0, 0.05) is 19.6 Å². The molecule has 0 bridgehead atoms. The van der Waals surface area contributed by atoms with Gasteiger partial charge in [-0.1, -0.05) is 64.7 Å². The van der Waals surface area contributed by atoms with Crippen molar-refractivity contribution in [1.29, 1.82) is 0 Å². The van der Waals surface area contributed by atoms with Crippen LogP contribution in [0.15, 0.2) is 0 Å².